The van der Waals surface area contributed by atoms with Crippen molar-refractivity contribution in [1.29, 1.82) is 0 Å². The Morgan fingerprint density at radius 1 is 1.14 bits per heavy atom. The molecule has 0 unspecified atom stereocenters. The van der Waals surface area contributed by atoms with E-state index >= 15 is 0 Å². The summed E-state index contributed by atoms with van der Waals surface area (Å²) < 4.78 is 31.9. The van der Waals surface area contributed by atoms with Gasteiger partial charge in [-0.2, -0.15) is 0 Å². The third kappa shape index (κ3) is 4.92. The fraction of sp³-hybridized carbons (Fsp3) is 0.100. The molecule has 0 aliphatic heterocycles. The minimum Gasteiger partial charge on any atom is -0.455 e. The zero-order valence-electron chi connectivity index (χ0n) is 15.6. The number of nitrogens with zero attached hydrogens (tertiary/aromatic N) is 1. The molecule has 0 atom stereocenters. The van der Waals surface area contributed by atoms with Crippen molar-refractivity contribution in [2.45, 2.75) is 11.8 Å². The quantitative estimate of drug-likeness (QED) is 0.614. The Hall–Kier alpha value is -2.94. The molecule has 0 aliphatic carbocycles. The monoisotopic (exact) mass is 431 g/mol. The molecule has 0 saturated heterocycles. The van der Waals surface area contributed by atoms with E-state index in [9.17, 15) is 13.2 Å². The Labute approximate surface area is 173 Å². The van der Waals surface area contributed by atoms with Crippen LogP contribution < -0.4 is 14.8 Å². The summed E-state index contributed by atoms with van der Waals surface area (Å²) in [5.74, 6) is 0.696. The zero-order chi connectivity index (χ0) is 21.0. The molecule has 0 bridgehead atoms. The van der Waals surface area contributed by atoms with Gasteiger partial charge in [0.2, 0.25) is 10.0 Å². The van der Waals surface area contributed by atoms with E-state index in [0.29, 0.717) is 17.2 Å². The number of aromatic nitrogens is 1. The molecule has 3 rings (SSSR count). The fourth-order valence-corrected chi connectivity index (χ4v) is 3.50. The first-order valence-corrected chi connectivity index (χ1v) is 10.4. The molecule has 2 N–H and O–H groups in total. The minimum absolute atomic E-state index is 0.0500. The van der Waals surface area contributed by atoms with E-state index in [4.69, 9.17) is 16.3 Å². The summed E-state index contributed by atoms with van der Waals surface area (Å²) in [6, 6.07) is 12.6. The molecule has 0 saturated carbocycles. The molecule has 0 radical (unpaired) electrons. The van der Waals surface area contributed by atoms with Gasteiger partial charge in [0.1, 0.15) is 11.5 Å². The number of amides is 1. The maximum absolute atomic E-state index is 12.6. The second-order valence-electron chi connectivity index (χ2n) is 6.07. The number of hydrogen-bond acceptors (Lipinski definition) is 5. The van der Waals surface area contributed by atoms with Crippen LogP contribution in [0.1, 0.15) is 15.9 Å². The second kappa shape index (κ2) is 8.60. The molecule has 29 heavy (non-hydrogen) atoms. The van der Waals surface area contributed by atoms with Crippen molar-refractivity contribution in [2.75, 3.05) is 12.4 Å². The summed E-state index contributed by atoms with van der Waals surface area (Å²) in [7, 11) is -2.40. The molecular formula is C20H18ClN3O4S. The fourth-order valence-electron chi connectivity index (χ4n) is 2.54. The highest BCUT2D eigenvalue weighted by atomic mass is 35.5. The number of pyridine rings is 1. The smallest absolute Gasteiger partial charge is 0.257 e. The number of anilines is 1. The van der Waals surface area contributed by atoms with Crippen LogP contribution in [0.25, 0.3) is 0 Å². The number of carbonyl (C=O) groups is 1. The second-order valence-corrected chi connectivity index (χ2v) is 8.37. The van der Waals surface area contributed by atoms with Gasteiger partial charge >= 0.3 is 0 Å². The van der Waals surface area contributed by atoms with Crippen molar-refractivity contribution in [3.8, 4) is 11.5 Å². The number of carbonyl (C=O) groups excluding carboxylic acids is 1. The molecule has 0 aliphatic rings. The van der Waals surface area contributed by atoms with Gasteiger partial charge in [0.15, 0.2) is 0 Å². The number of rotatable bonds is 6. The van der Waals surface area contributed by atoms with Crippen molar-refractivity contribution >= 4 is 33.2 Å². The van der Waals surface area contributed by atoms with Crippen LogP contribution in [0.4, 0.5) is 5.69 Å². The third-order valence-corrected chi connectivity index (χ3v) is 5.80. The van der Waals surface area contributed by atoms with Gasteiger partial charge in [0.25, 0.3) is 5.91 Å². The first kappa shape index (κ1) is 20.8. The van der Waals surface area contributed by atoms with Crippen molar-refractivity contribution in [3.05, 3.63) is 77.1 Å². The number of sulfonamides is 1. The minimum atomic E-state index is -3.70. The summed E-state index contributed by atoms with van der Waals surface area (Å²) in [4.78, 5) is 16.6. The van der Waals surface area contributed by atoms with Gasteiger partial charge in [-0.15, -0.1) is 0 Å². The summed E-state index contributed by atoms with van der Waals surface area (Å²) >= 11 is 6.10. The molecule has 1 amide bonds. The van der Waals surface area contributed by atoms with Crippen LogP contribution in [0.5, 0.6) is 11.5 Å². The first-order chi connectivity index (χ1) is 13.8. The van der Waals surface area contributed by atoms with Crippen LogP contribution in [0, 0.1) is 6.92 Å². The van der Waals surface area contributed by atoms with Gasteiger partial charge in [-0.1, -0.05) is 11.6 Å². The maximum Gasteiger partial charge on any atom is 0.257 e. The van der Waals surface area contributed by atoms with E-state index in [2.05, 4.69) is 15.0 Å². The molecule has 0 spiro atoms. The lowest BCUT2D eigenvalue weighted by Crippen LogP contribution is -2.20. The molecule has 7 nitrogen and oxygen atoms in total. The van der Waals surface area contributed by atoms with E-state index < -0.39 is 15.9 Å². The molecule has 1 aromatic heterocycles. The predicted octanol–water partition coefficient (Wildman–Crippen LogP) is 4.00. The molecule has 1 heterocycles. The number of nitrogens with one attached hydrogen (secondary N) is 2. The van der Waals surface area contributed by atoms with Crippen LogP contribution in [0.2, 0.25) is 5.02 Å². The van der Waals surface area contributed by atoms with Gasteiger partial charge in [-0.3, -0.25) is 9.78 Å². The lowest BCUT2D eigenvalue weighted by molar-refractivity contribution is 0.102. The Bertz CT molecular complexity index is 1150. The molecule has 9 heteroatoms. The van der Waals surface area contributed by atoms with E-state index in [1.807, 2.05) is 6.92 Å². The summed E-state index contributed by atoms with van der Waals surface area (Å²) in [5.41, 5.74) is 1.37. The van der Waals surface area contributed by atoms with Crippen molar-refractivity contribution in [3.63, 3.8) is 0 Å². The lowest BCUT2D eigenvalue weighted by atomic mass is 10.1. The van der Waals surface area contributed by atoms with Gasteiger partial charge in [0.05, 0.1) is 21.7 Å². The molecular weight excluding hydrogens is 414 g/mol. The van der Waals surface area contributed by atoms with Crippen LogP contribution >= 0.6 is 11.6 Å². The predicted molar refractivity (Wildman–Crippen MR) is 111 cm³/mol. The van der Waals surface area contributed by atoms with Gasteiger partial charge < -0.3 is 10.1 Å². The molecule has 2 aromatic carbocycles. The number of aryl methyl sites for hydroxylation is 1. The lowest BCUT2D eigenvalue weighted by Gasteiger charge is -2.12. The zero-order valence-corrected chi connectivity index (χ0v) is 17.2. The van der Waals surface area contributed by atoms with Crippen LogP contribution in [0.3, 0.4) is 0 Å². The number of halogens is 1. The van der Waals surface area contributed by atoms with E-state index in [1.54, 1.807) is 42.7 Å². The highest BCUT2D eigenvalue weighted by Gasteiger charge is 2.18. The third-order valence-electron chi connectivity index (χ3n) is 4.06. The molecule has 150 valence electrons. The normalized spacial score (nSPS) is 11.1. The Morgan fingerprint density at radius 3 is 2.59 bits per heavy atom. The highest BCUT2D eigenvalue weighted by molar-refractivity contribution is 7.89. The van der Waals surface area contributed by atoms with Gasteiger partial charge in [-0.25, -0.2) is 13.1 Å². The summed E-state index contributed by atoms with van der Waals surface area (Å²) in [6.07, 6.45) is 3.25. The topological polar surface area (TPSA) is 97.4 Å². The number of benzene rings is 2. The van der Waals surface area contributed by atoms with Gasteiger partial charge in [-0.05, 0) is 68.1 Å². The Balaban J connectivity index is 1.81. The average Bonchev–Trinajstić information content (AvgIpc) is 2.71. The van der Waals surface area contributed by atoms with Crippen molar-refractivity contribution < 1.29 is 17.9 Å². The Kier molecular flexibility index (Phi) is 6.17. The van der Waals surface area contributed by atoms with E-state index in [1.165, 1.54) is 25.2 Å². The largest absolute Gasteiger partial charge is 0.455 e. The number of ether oxygens (including phenoxy) is 1. The molecule has 3 aromatic rings. The highest BCUT2D eigenvalue weighted by Crippen LogP contribution is 2.28. The van der Waals surface area contributed by atoms with E-state index in [0.717, 1.165) is 5.56 Å². The summed E-state index contributed by atoms with van der Waals surface area (Å²) in [5, 5.41) is 2.87. The maximum atomic E-state index is 12.6. The van der Waals surface area contributed by atoms with Crippen LogP contribution in [-0.4, -0.2) is 26.4 Å². The molecule has 0 fully saturated rings. The number of hydrogen-bond donors (Lipinski definition) is 2. The van der Waals surface area contributed by atoms with Crippen molar-refractivity contribution in [2.24, 2.45) is 0 Å². The van der Waals surface area contributed by atoms with Gasteiger partial charge in [0, 0.05) is 11.9 Å². The first-order valence-electron chi connectivity index (χ1n) is 8.53. The average molecular weight is 432 g/mol. The standard InChI is InChI=1S/C20H18ClN3O4S/c1-13-10-14(5-8-19(13)28-15-4-3-9-23-12-15)24-20(25)17-11-16(6-7-18(17)21)29(26,27)22-2/h3-12,22H,1-2H3,(H,24,25). The van der Waals surface area contributed by atoms with Crippen LogP contribution in [0.15, 0.2) is 65.8 Å². The SMILES string of the molecule is CNS(=O)(=O)c1ccc(Cl)c(C(=O)Nc2ccc(Oc3cccnc3)c(C)c2)c1. The van der Waals surface area contributed by atoms with Crippen molar-refractivity contribution in [1.82, 2.24) is 9.71 Å². The van der Waals surface area contributed by atoms with Crippen LogP contribution in [-0.2, 0) is 10.0 Å². The van der Waals surface area contributed by atoms with E-state index in [-0.39, 0.29) is 15.5 Å². The summed E-state index contributed by atoms with van der Waals surface area (Å²) in [6.45, 7) is 1.84. The Morgan fingerprint density at radius 2 is 1.93 bits per heavy atom.